The fourth-order valence-corrected chi connectivity index (χ4v) is 1.76. The third-order valence-corrected chi connectivity index (χ3v) is 2.66. The largest absolute Gasteiger partial charge is 0.298 e. The molecule has 2 rings (SSSR count). The molecule has 0 atom stereocenters. The van der Waals surface area contributed by atoms with E-state index in [0.29, 0.717) is 10.6 Å². The standard InChI is InChI=1S/C15H11ClO/c16-15-7-3-4-12(10-15)8-9-13-5-1-2-6-14(13)11-17/h1-11H. The molecular weight excluding hydrogens is 232 g/mol. The van der Waals surface area contributed by atoms with Gasteiger partial charge in [-0.05, 0) is 23.3 Å². The Morgan fingerprint density at radius 2 is 1.65 bits per heavy atom. The molecule has 0 saturated carbocycles. The van der Waals surface area contributed by atoms with Crippen molar-refractivity contribution in [2.24, 2.45) is 0 Å². The van der Waals surface area contributed by atoms with Crippen molar-refractivity contribution in [1.29, 1.82) is 0 Å². The second-order valence-corrected chi connectivity index (χ2v) is 4.07. The summed E-state index contributed by atoms with van der Waals surface area (Å²) in [5.74, 6) is 0. The van der Waals surface area contributed by atoms with Gasteiger partial charge in [0.1, 0.15) is 0 Å². The Kier molecular flexibility index (Phi) is 3.73. The van der Waals surface area contributed by atoms with Crippen molar-refractivity contribution in [3.63, 3.8) is 0 Å². The van der Waals surface area contributed by atoms with Crippen LogP contribution in [0, 0.1) is 0 Å². The second-order valence-electron chi connectivity index (χ2n) is 3.64. The van der Waals surface area contributed by atoms with Crippen molar-refractivity contribution in [2.45, 2.75) is 0 Å². The number of hydrogen-bond acceptors (Lipinski definition) is 1. The van der Waals surface area contributed by atoms with Gasteiger partial charge < -0.3 is 0 Å². The lowest BCUT2D eigenvalue weighted by Gasteiger charge is -1.98. The van der Waals surface area contributed by atoms with Crippen molar-refractivity contribution >= 4 is 30.0 Å². The van der Waals surface area contributed by atoms with E-state index >= 15 is 0 Å². The van der Waals surface area contributed by atoms with Crippen LogP contribution in [0.1, 0.15) is 21.5 Å². The van der Waals surface area contributed by atoms with Crippen molar-refractivity contribution < 1.29 is 4.79 Å². The van der Waals surface area contributed by atoms with Crippen molar-refractivity contribution in [1.82, 2.24) is 0 Å². The summed E-state index contributed by atoms with van der Waals surface area (Å²) in [5, 5.41) is 0.704. The molecule has 0 amide bonds. The minimum atomic E-state index is 0.686. The van der Waals surface area contributed by atoms with Gasteiger partial charge in [-0.1, -0.05) is 60.2 Å². The third kappa shape index (κ3) is 3.05. The molecule has 0 aliphatic heterocycles. The van der Waals surface area contributed by atoms with Gasteiger partial charge in [0.2, 0.25) is 0 Å². The number of aldehydes is 1. The van der Waals surface area contributed by atoms with E-state index in [4.69, 9.17) is 11.6 Å². The third-order valence-electron chi connectivity index (χ3n) is 2.43. The van der Waals surface area contributed by atoms with Crippen LogP contribution in [-0.2, 0) is 0 Å². The van der Waals surface area contributed by atoms with Crippen LogP contribution in [0.25, 0.3) is 12.2 Å². The summed E-state index contributed by atoms with van der Waals surface area (Å²) in [6.45, 7) is 0. The molecule has 84 valence electrons. The number of halogens is 1. The molecule has 0 N–H and O–H groups in total. The minimum absolute atomic E-state index is 0.686. The van der Waals surface area contributed by atoms with Gasteiger partial charge in [-0.25, -0.2) is 0 Å². The van der Waals surface area contributed by atoms with E-state index in [2.05, 4.69) is 0 Å². The average Bonchev–Trinajstić information content (AvgIpc) is 2.37. The Balaban J connectivity index is 2.29. The van der Waals surface area contributed by atoms with Crippen LogP contribution in [0.5, 0.6) is 0 Å². The van der Waals surface area contributed by atoms with E-state index in [1.54, 1.807) is 6.07 Å². The normalized spacial score (nSPS) is 10.6. The zero-order valence-electron chi connectivity index (χ0n) is 9.14. The maximum absolute atomic E-state index is 10.8. The minimum Gasteiger partial charge on any atom is -0.298 e. The Morgan fingerprint density at radius 1 is 0.882 bits per heavy atom. The van der Waals surface area contributed by atoms with E-state index in [9.17, 15) is 4.79 Å². The predicted molar refractivity (Wildman–Crippen MR) is 72.2 cm³/mol. The zero-order valence-corrected chi connectivity index (χ0v) is 9.89. The molecule has 2 heteroatoms. The molecule has 2 aromatic rings. The quantitative estimate of drug-likeness (QED) is 0.579. The van der Waals surface area contributed by atoms with Gasteiger partial charge in [0, 0.05) is 10.6 Å². The molecule has 0 fully saturated rings. The van der Waals surface area contributed by atoms with Gasteiger partial charge >= 0.3 is 0 Å². The average molecular weight is 243 g/mol. The molecule has 0 heterocycles. The Labute approximate surface area is 105 Å². The van der Waals surface area contributed by atoms with Crippen LogP contribution in [0.3, 0.4) is 0 Å². The first-order chi connectivity index (χ1) is 8.29. The lowest BCUT2D eigenvalue weighted by molar-refractivity contribution is 0.112. The smallest absolute Gasteiger partial charge is 0.150 e. The fourth-order valence-electron chi connectivity index (χ4n) is 1.57. The van der Waals surface area contributed by atoms with Crippen LogP contribution < -0.4 is 0 Å². The Morgan fingerprint density at radius 3 is 2.35 bits per heavy atom. The topological polar surface area (TPSA) is 17.1 Å². The van der Waals surface area contributed by atoms with Crippen LogP contribution in [0.4, 0.5) is 0 Å². The Bertz CT molecular complexity index is 558. The Hall–Kier alpha value is -1.86. The van der Waals surface area contributed by atoms with E-state index in [0.717, 1.165) is 17.4 Å². The van der Waals surface area contributed by atoms with Gasteiger partial charge in [0.05, 0.1) is 0 Å². The molecule has 0 unspecified atom stereocenters. The van der Waals surface area contributed by atoms with Gasteiger partial charge in [0.15, 0.2) is 6.29 Å². The van der Waals surface area contributed by atoms with Gasteiger partial charge in [-0.15, -0.1) is 0 Å². The number of hydrogen-bond donors (Lipinski definition) is 0. The molecule has 0 radical (unpaired) electrons. The van der Waals surface area contributed by atoms with Crippen LogP contribution in [-0.4, -0.2) is 6.29 Å². The van der Waals surface area contributed by atoms with Crippen molar-refractivity contribution in [3.05, 3.63) is 70.2 Å². The van der Waals surface area contributed by atoms with Crippen LogP contribution in [0.15, 0.2) is 48.5 Å². The van der Waals surface area contributed by atoms with E-state index < -0.39 is 0 Å². The maximum Gasteiger partial charge on any atom is 0.150 e. The van der Waals surface area contributed by atoms with Crippen molar-refractivity contribution in [2.75, 3.05) is 0 Å². The summed E-state index contributed by atoms with van der Waals surface area (Å²) in [7, 11) is 0. The highest BCUT2D eigenvalue weighted by Gasteiger charge is 1.95. The molecule has 2 aromatic carbocycles. The zero-order chi connectivity index (χ0) is 12.1. The first-order valence-corrected chi connectivity index (χ1v) is 5.65. The first kappa shape index (κ1) is 11.6. The summed E-state index contributed by atoms with van der Waals surface area (Å²) in [6.07, 6.45) is 4.71. The summed E-state index contributed by atoms with van der Waals surface area (Å²) in [4.78, 5) is 10.8. The lowest BCUT2D eigenvalue weighted by Crippen LogP contribution is -1.84. The molecule has 0 spiro atoms. The second kappa shape index (κ2) is 5.46. The number of carbonyl (C=O) groups excluding carboxylic acids is 1. The molecule has 0 aliphatic rings. The lowest BCUT2D eigenvalue weighted by atomic mass is 10.1. The summed E-state index contributed by atoms with van der Waals surface area (Å²) in [5.41, 5.74) is 2.60. The first-order valence-electron chi connectivity index (χ1n) is 5.27. The highest BCUT2D eigenvalue weighted by molar-refractivity contribution is 6.30. The summed E-state index contributed by atoms with van der Waals surface area (Å²) in [6, 6.07) is 15.0. The van der Waals surface area contributed by atoms with Crippen molar-refractivity contribution in [3.8, 4) is 0 Å². The highest BCUT2D eigenvalue weighted by Crippen LogP contribution is 2.15. The number of rotatable bonds is 3. The van der Waals surface area contributed by atoms with Gasteiger partial charge in [0.25, 0.3) is 0 Å². The van der Waals surface area contributed by atoms with Crippen LogP contribution in [0.2, 0.25) is 5.02 Å². The summed E-state index contributed by atoms with van der Waals surface area (Å²) >= 11 is 5.90. The molecule has 0 saturated heterocycles. The van der Waals surface area contributed by atoms with E-state index in [1.165, 1.54) is 0 Å². The van der Waals surface area contributed by atoms with E-state index in [-0.39, 0.29) is 0 Å². The van der Waals surface area contributed by atoms with Gasteiger partial charge in [-0.2, -0.15) is 0 Å². The van der Waals surface area contributed by atoms with Crippen LogP contribution >= 0.6 is 11.6 Å². The monoisotopic (exact) mass is 242 g/mol. The van der Waals surface area contributed by atoms with Gasteiger partial charge in [-0.3, -0.25) is 4.79 Å². The molecule has 0 bridgehead atoms. The molecule has 17 heavy (non-hydrogen) atoms. The highest BCUT2D eigenvalue weighted by atomic mass is 35.5. The fraction of sp³-hybridized carbons (Fsp3) is 0. The molecular formula is C15H11ClO. The predicted octanol–water partition coefficient (Wildman–Crippen LogP) is 4.32. The SMILES string of the molecule is O=Cc1ccccc1C=Cc1cccc(Cl)c1. The molecule has 1 nitrogen and oxygen atoms in total. The number of benzene rings is 2. The number of carbonyl (C=O) groups is 1. The maximum atomic E-state index is 10.8. The van der Waals surface area contributed by atoms with E-state index in [1.807, 2.05) is 54.6 Å². The molecule has 0 aliphatic carbocycles. The summed E-state index contributed by atoms with van der Waals surface area (Å²) < 4.78 is 0. The molecule has 0 aromatic heterocycles.